The van der Waals surface area contributed by atoms with Crippen molar-refractivity contribution in [3.8, 4) is 0 Å². The topological polar surface area (TPSA) is 71.0 Å². The number of amidine groups is 1. The van der Waals surface area contributed by atoms with Crippen LogP contribution in [0.15, 0.2) is 35.3 Å². The molecule has 0 aromatic heterocycles. The molecule has 1 unspecified atom stereocenters. The highest BCUT2D eigenvalue weighted by molar-refractivity contribution is 6.03. The van der Waals surface area contributed by atoms with E-state index in [4.69, 9.17) is 4.74 Å². The number of carbonyl (C=O) groups excluding carboxylic acids is 2. The average Bonchev–Trinajstić information content (AvgIpc) is 2.45. The number of nitrogens with one attached hydrogen (secondary N) is 1. The number of hydrogen-bond acceptors (Lipinski definition) is 5. The smallest absolute Gasteiger partial charge is 0.327 e. The number of hydrogen-bond donors (Lipinski definition) is 1. The van der Waals surface area contributed by atoms with E-state index < -0.39 is 12.0 Å². The second-order valence-corrected chi connectivity index (χ2v) is 4.36. The number of nitrogens with zero attached hydrogens (tertiary/aromatic N) is 2. The highest BCUT2D eigenvalue weighted by Gasteiger charge is 2.28. The van der Waals surface area contributed by atoms with Gasteiger partial charge in [-0.25, -0.2) is 5.01 Å². The zero-order chi connectivity index (χ0) is 14.5. The van der Waals surface area contributed by atoms with Crippen LogP contribution in [0, 0.1) is 0 Å². The van der Waals surface area contributed by atoms with E-state index in [1.54, 1.807) is 13.8 Å². The maximum atomic E-state index is 12.0. The summed E-state index contributed by atoms with van der Waals surface area (Å²) >= 11 is 0. The minimum absolute atomic E-state index is 0.136. The molecule has 20 heavy (non-hydrogen) atoms. The van der Waals surface area contributed by atoms with Gasteiger partial charge in [0.2, 0.25) is 0 Å². The fraction of sp³-hybridized carbons (Fsp3) is 0.357. The third kappa shape index (κ3) is 3.14. The summed E-state index contributed by atoms with van der Waals surface area (Å²) < 4.78 is 4.86. The van der Waals surface area contributed by atoms with E-state index in [9.17, 15) is 9.59 Å². The van der Waals surface area contributed by atoms with Gasteiger partial charge in [0.1, 0.15) is 18.4 Å². The molecule has 0 bridgehead atoms. The standard InChI is InChI=1S/C14H17N3O3/c1-3-20-12(18)9-17-14(19)10(2)15-13(16-17)11-7-5-4-6-8-11/h4-8,10H,3,9H2,1-2H3,(H,15,16). The van der Waals surface area contributed by atoms with Crippen molar-refractivity contribution in [2.75, 3.05) is 13.2 Å². The summed E-state index contributed by atoms with van der Waals surface area (Å²) in [5.74, 6) is -0.130. The predicted molar refractivity (Wildman–Crippen MR) is 73.9 cm³/mol. The highest BCUT2D eigenvalue weighted by Crippen LogP contribution is 2.09. The van der Waals surface area contributed by atoms with Gasteiger partial charge in [-0.2, -0.15) is 0 Å². The second-order valence-electron chi connectivity index (χ2n) is 4.36. The molecule has 1 N–H and O–H groups in total. The summed E-state index contributed by atoms with van der Waals surface area (Å²) in [5, 5.41) is 1.25. The zero-order valence-corrected chi connectivity index (χ0v) is 11.5. The molecule has 1 atom stereocenters. The molecular formula is C14H17N3O3. The van der Waals surface area contributed by atoms with Crippen molar-refractivity contribution in [1.29, 1.82) is 0 Å². The Morgan fingerprint density at radius 1 is 1.40 bits per heavy atom. The number of carbonyl (C=O) groups is 2. The first-order valence-electron chi connectivity index (χ1n) is 6.48. The lowest BCUT2D eigenvalue weighted by Gasteiger charge is -2.30. The second kappa shape index (κ2) is 6.18. The molecule has 1 aliphatic rings. The number of hydrazine groups is 1. The van der Waals surface area contributed by atoms with Crippen LogP contribution in [0.3, 0.4) is 0 Å². The van der Waals surface area contributed by atoms with Crippen molar-refractivity contribution in [1.82, 2.24) is 10.4 Å². The summed E-state index contributed by atoms with van der Waals surface area (Å²) in [6.07, 6.45) is 0. The lowest BCUT2D eigenvalue weighted by molar-refractivity contribution is -0.150. The van der Waals surface area contributed by atoms with Gasteiger partial charge in [-0.3, -0.25) is 20.0 Å². The Labute approximate surface area is 117 Å². The molecule has 1 aromatic rings. The van der Waals surface area contributed by atoms with Gasteiger partial charge in [0.05, 0.1) is 6.61 Å². The van der Waals surface area contributed by atoms with Gasteiger partial charge in [0, 0.05) is 5.56 Å². The number of rotatable bonds is 4. The fourth-order valence-electron chi connectivity index (χ4n) is 1.87. The minimum atomic E-state index is -0.527. The molecule has 0 radical (unpaired) electrons. The third-order valence-electron chi connectivity index (χ3n) is 2.83. The van der Waals surface area contributed by atoms with Crippen LogP contribution < -0.4 is 5.43 Å². The number of benzene rings is 1. The largest absolute Gasteiger partial charge is 0.465 e. The predicted octanol–water partition coefficient (Wildman–Crippen LogP) is 0.732. The van der Waals surface area contributed by atoms with E-state index in [2.05, 4.69) is 10.4 Å². The van der Waals surface area contributed by atoms with Crippen LogP contribution in [0.5, 0.6) is 0 Å². The highest BCUT2D eigenvalue weighted by atomic mass is 16.5. The number of ether oxygens (including phenoxy) is 1. The Morgan fingerprint density at radius 3 is 2.75 bits per heavy atom. The quantitative estimate of drug-likeness (QED) is 0.822. The first-order chi connectivity index (χ1) is 9.61. The minimum Gasteiger partial charge on any atom is -0.465 e. The van der Waals surface area contributed by atoms with E-state index in [1.165, 1.54) is 5.01 Å². The molecule has 106 valence electrons. The Bertz CT molecular complexity index is 528. The van der Waals surface area contributed by atoms with Crippen LogP contribution in [-0.2, 0) is 14.3 Å². The number of amides is 1. The summed E-state index contributed by atoms with van der Waals surface area (Å²) in [5.41, 5.74) is 3.73. The number of esters is 1. The van der Waals surface area contributed by atoms with Crippen LogP contribution in [0.2, 0.25) is 0 Å². The SMILES string of the molecule is CCOC(=O)CN1NC(c2ccccc2)=NC(C)C1=O. The van der Waals surface area contributed by atoms with Crippen molar-refractivity contribution < 1.29 is 14.3 Å². The van der Waals surface area contributed by atoms with Crippen LogP contribution in [0.1, 0.15) is 19.4 Å². The first-order valence-corrected chi connectivity index (χ1v) is 6.48. The molecular weight excluding hydrogens is 258 g/mol. The van der Waals surface area contributed by atoms with Gasteiger partial charge >= 0.3 is 5.97 Å². The normalized spacial score (nSPS) is 18.3. The molecule has 2 rings (SSSR count). The lowest BCUT2D eigenvalue weighted by Crippen LogP contribution is -2.55. The molecule has 6 nitrogen and oxygen atoms in total. The summed E-state index contributed by atoms with van der Waals surface area (Å²) in [7, 11) is 0. The zero-order valence-electron chi connectivity index (χ0n) is 11.5. The molecule has 0 saturated heterocycles. The lowest BCUT2D eigenvalue weighted by atomic mass is 10.2. The fourth-order valence-corrected chi connectivity index (χ4v) is 1.87. The first kappa shape index (κ1) is 14.0. The Balaban J connectivity index is 2.15. The van der Waals surface area contributed by atoms with E-state index in [0.717, 1.165) is 5.56 Å². The third-order valence-corrected chi connectivity index (χ3v) is 2.83. The van der Waals surface area contributed by atoms with E-state index in [1.807, 2.05) is 30.3 Å². The van der Waals surface area contributed by atoms with Gasteiger partial charge < -0.3 is 4.74 Å². The molecule has 1 heterocycles. The average molecular weight is 275 g/mol. The Hall–Kier alpha value is -2.37. The van der Waals surface area contributed by atoms with Crippen molar-refractivity contribution in [3.63, 3.8) is 0 Å². The molecule has 1 aliphatic heterocycles. The van der Waals surface area contributed by atoms with Gasteiger partial charge in [-0.15, -0.1) is 0 Å². The Morgan fingerprint density at radius 2 is 2.10 bits per heavy atom. The summed E-state index contributed by atoms with van der Waals surface area (Å²) in [6, 6.07) is 8.92. The number of aliphatic imine (C=N–C) groups is 1. The molecule has 6 heteroatoms. The molecule has 0 fully saturated rings. The molecule has 0 saturated carbocycles. The van der Waals surface area contributed by atoms with Crippen molar-refractivity contribution in [3.05, 3.63) is 35.9 Å². The molecule has 0 spiro atoms. The van der Waals surface area contributed by atoms with Crippen molar-refractivity contribution in [2.24, 2.45) is 4.99 Å². The molecule has 1 amide bonds. The van der Waals surface area contributed by atoms with E-state index >= 15 is 0 Å². The van der Waals surface area contributed by atoms with Crippen molar-refractivity contribution >= 4 is 17.7 Å². The van der Waals surface area contributed by atoms with Crippen molar-refractivity contribution in [2.45, 2.75) is 19.9 Å². The molecule has 0 aliphatic carbocycles. The Kier molecular flexibility index (Phi) is 4.34. The summed E-state index contributed by atoms with van der Waals surface area (Å²) in [4.78, 5) is 27.8. The van der Waals surface area contributed by atoms with Gasteiger partial charge in [0.15, 0.2) is 0 Å². The van der Waals surface area contributed by atoms with E-state index in [-0.39, 0.29) is 19.1 Å². The van der Waals surface area contributed by atoms with Gasteiger partial charge in [-0.1, -0.05) is 30.3 Å². The van der Waals surface area contributed by atoms with Crippen LogP contribution >= 0.6 is 0 Å². The van der Waals surface area contributed by atoms with Gasteiger partial charge in [-0.05, 0) is 13.8 Å². The summed E-state index contributed by atoms with van der Waals surface area (Å²) in [6.45, 7) is 3.58. The monoisotopic (exact) mass is 275 g/mol. The van der Waals surface area contributed by atoms with Crippen LogP contribution in [0.25, 0.3) is 0 Å². The van der Waals surface area contributed by atoms with E-state index in [0.29, 0.717) is 5.84 Å². The maximum absolute atomic E-state index is 12.0. The molecule has 1 aromatic carbocycles. The van der Waals surface area contributed by atoms with Crippen LogP contribution in [-0.4, -0.2) is 41.9 Å². The maximum Gasteiger partial charge on any atom is 0.327 e. The van der Waals surface area contributed by atoms with Crippen LogP contribution in [0.4, 0.5) is 0 Å². The van der Waals surface area contributed by atoms with Gasteiger partial charge in [0.25, 0.3) is 5.91 Å².